The lowest BCUT2D eigenvalue weighted by Gasteiger charge is -2.48. The van der Waals surface area contributed by atoms with Gasteiger partial charge in [0.05, 0.1) is 24.8 Å². The van der Waals surface area contributed by atoms with E-state index in [1.807, 2.05) is 49.9 Å². The fourth-order valence-electron chi connectivity index (χ4n) is 4.69. The Morgan fingerprint density at radius 1 is 0.933 bits per heavy atom. The molecule has 0 aliphatic carbocycles. The van der Waals surface area contributed by atoms with Gasteiger partial charge in [0, 0.05) is 11.8 Å². The first kappa shape index (κ1) is 20.7. The van der Waals surface area contributed by atoms with E-state index in [4.69, 9.17) is 9.47 Å². The summed E-state index contributed by atoms with van der Waals surface area (Å²) in [5.41, 5.74) is 1.82. The highest BCUT2D eigenvalue weighted by molar-refractivity contribution is 5.71. The summed E-state index contributed by atoms with van der Waals surface area (Å²) in [6.07, 6.45) is 4.06. The summed E-state index contributed by atoms with van der Waals surface area (Å²) < 4.78 is 12.3. The van der Waals surface area contributed by atoms with Crippen LogP contribution in [0.4, 0.5) is 4.79 Å². The molecule has 4 nitrogen and oxygen atoms in total. The molecule has 2 aromatic rings. The Hall–Kier alpha value is -2.59. The topological polar surface area (TPSA) is 38.8 Å². The minimum atomic E-state index is -0.525. The van der Waals surface area contributed by atoms with Crippen LogP contribution in [0.25, 0.3) is 0 Å². The molecule has 2 aliphatic heterocycles. The smallest absolute Gasteiger partial charge is 0.411 e. The van der Waals surface area contributed by atoms with Crippen LogP contribution in [-0.2, 0) is 16.1 Å². The number of fused-ring (bicyclic) bond motifs is 2. The molecule has 5 atom stereocenters. The predicted molar refractivity (Wildman–Crippen MR) is 118 cm³/mol. The second-order valence-corrected chi connectivity index (χ2v) is 9.31. The molecule has 1 saturated heterocycles. The second kappa shape index (κ2) is 8.27. The third kappa shape index (κ3) is 4.15. The normalized spacial score (nSPS) is 27.9. The molecular weight excluding hydrogens is 374 g/mol. The van der Waals surface area contributed by atoms with Crippen LogP contribution >= 0.6 is 0 Å². The molecule has 2 heterocycles. The number of rotatable bonds is 4. The maximum Gasteiger partial charge on any atom is 0.411 e. The van der Waals surface area contributed by atoms with Gasteiger partial charge in [0.15, 0.2) is 0 Å². The fraction of sp³-hybridized carbons (Fsp3) is 0.423. The number of hydrogen-bond acceptors (Lipinski definition) is 3. The first-order valence-corrected chi connectivity index (χ1v) is 10.8. The van der Waals surface area contributed by atoms with Gasteiger partial charge in [0.1, 0.15) is 5.60 Å². The van der Waals surface area contributed by atoms with Gasteiger partial charge in [0.25, 0.3) is 0 Å². The summed E-state index contributed by atoms with van der Waals surface area (Å²) in [4.78, 5) is 15.0. The van der Waals surface area contributed by atoms with E-state index in [0.29, 0.717) is 6.61 Å². The summed E-state index contributed by atoms with van der Waals surface area (Å²) in [6.45, 7) is 8.47. The van der Waals surface area contributed by atoms with Gasteiger partial charge in [-0.3, -0.25) is 4.90 Å². The lowest BCUT2D eigenvalue weighted by atomic mass is 9.76. The molecule has 0 spiro atoms. The van der Waals surface area contributed by atoms with Crippen LogP contribution in [0.15, 0.2) is 72.8 Å². The van der Waals surface area contributed by atoms with E-state index >= 15 is 0 Å². The van der Waals surface area contributed by atoms with Crippen LogP contribution < -0.4 is 0 Å². The summed E-state index contributed by atoms with van der Waals surface area (Å²) in [6, 6.07) is 20.6. The van der Waals surface area contributed by atoms with Crippen molar-refractivity contribution >= 4 is 6.09 Å². The van der Waals surface area contributed by atoms with Crippen molar-refractivity contribution in [2.24, 2.45) is 5.92 Å². The Morgan fingerprint density at radius 3 is 2.17 bits per heavy atom. The van der Waals surface area contributed by atoms with Gasteiger partial charge >= 0.3 is 6.09 Å². The lowest BCUT2D eigenvalue weighted by Crippen LogP contribution is -2.58. The first-order chi connectivity index (χ1) is 14.3. The van der Waals surface area contributed by atoms with E-state index < -0.39 is 5.60 Å². The van der Waals surface area contributed by atoms with Crippen molar-refractivity contribution in [1.82, 2.24) is 4.90 Å². The van der Waals surface area contributed by atoms with Gasteiger partial charge in [-0.25, -0.2) is 4.79 Å². The van der Waals surface area contributed by atoms with Crippen LogP contribution in [0.1, 0.15) is 44.7 Å². The van der Waals surface area contributed by atoms with Crippen LogP contribution in [0, 0.1) is 5.92 Å². The number of benzene rings is 2. The Labute approximate surface area is 179 Å². The highest BCUT2D eigenvalue weighted by Crippen LogP contribution is 2.45. The Bertz CT molecular complexity index is 887. The monoisotopic (exact) mass is 405 g/mol. The van der Waals surface area contributed by atoms with Crippen molar-refractivity contribution in [3.63, 3.8) is 0 Å². The molecule has 158 valence electrons. The second-order valence-electron chi connectivity index (χ2n) is 9.31. The average molecular weight is 406 g/mol. The van der Waals surface area contributed by atoms with Crippen LogP contribution in [0.5, 0.6) is 0 Å². The zero-order valence-electron chi connectivity index (χ0n) is 18.2. The predicted octanol–water partition coefficient (Wildman–Crippen LogP) is 5.55. The Kier molecular flexibility index (Phi) is 5.70. The summed E-state index contributed by atoms with van der Waals surface area (Å²) >= 11 is 0. The third-order valence-corrected chi connectivity index (χ3v) is 6.00. The number of carbonyl (C=O) groups excluding carboxylic acids is 1. The molecule has 0 aromatic heterocycles. The van der Waals surface area contributed by atoms with E-state index in [-0.39, 0.29) is 36.1 Å². The summed E-state index contributed by atoms with van der Waals surface area (Å²) in [5.74, 6) is 0.189. The van der Waals surface area contributed by atoms with Gasteiger partial charge in [-0.15, -0.1) is 0 Å². The van der Waals surface area contributed by atoms with Gasteiger partial charge in [-0.1, -0.05) is 79.7 Å². The van der Waals surface area contributed by atoms with Crippen LogP contribution in [0.3, 0.4) is 0 Å². The first-order valence-electron chi connectivity index (χ1n) is 10.8. The number of carbonyl (C=O) groups is 1. The van der Waals surface area contributed by atoms with Gasteiger partial charge in [-0.05, 0) is 31.9 Å². The van der Waals surface area contributed by atoms with Gasteiger partial charge < -0.3 is 9.47 Å². The number of amides is 1. The van der Waals surface area contributed by atoms with E-state index in [1.54, 1.807) is 0 Å². The number of nitrogens with zero attached hydrogens (tertiary/aromatic N) is 1. The number of hydrogen-bond donors (Lipinski definition) is 0. The average Bonchev–Trinajstić information content (AvgIpc) is 3.10. The van der Waals surface area contributed by atoms with Crippen molar-refractivity contribution in [3.05, 3.63) is 83.9 Å². The van der Waals surface area contributed by atoms with Crippen molar-refractivity contribution in [2.45, 2.75) is 64.0 Å². The molecule has 1 amide bonds. The lowest BCUT2D eigenvalue weighted by molar-refractivity contribution is -0.0778. The minimum Gasteiger partial charge on any atom is -0.444 e. The van der Waals surface area contributed by atoms with Crippen LogP contribution in [0.2, 0.25) is 0 Å². The van der Waals surface area contributed by atoms with E-state index in [0.717, 1.165) is 5.56 Å². The molecule has 2 aliphatic rings. The zero-order chi connectivity index (χ0) is 21.3. The summed E-state index contributed by atoms with van der Waals surface area (Å²) in [5, 5.41) is 0. The van der Waals surface area contributed by atoms with E-state index in [1.165, 1.54) is 5.56 Å². The molecule has 0 N–H and O–H groups in total. The van der Waals surface area contributed by atoms with Gasteiger partial charge in [-0.2, -0.15) is 0 Å². The van der Waals surface area contributed by atoms with E-state index in [9.17, 15) is 4.79 Å². The largest absolute Gasteiger partial charge is 0.444 e. The molecule has 4 rings (SSSR count). The molecule has 30 heavy (non-hydrogen) atoms. The van der Waals surface area contributed by atoms with Crippen LogP contribution in [-0.4, -0.2) is 34.8 Å². The quantitative estimate of drug-likeness (QED) is 0.626. The molecule has 0 saturated carbocycles. The van der Waals surface area contributed by atoms with Gasteiger partial charge in [0.2, 0.25) is 0 Å². The standard InChI is InChI=1S/C26H31NO3/c1-18-21-15-16-22(27(21)25(28)30-26(2,3)4)23(20-13-9-6-10-14-20)24(18)29-17-19-11-7-5-8-12-19/h5-16,18,21-24H,17H2,1-4H3/t18-,21+,22-,23+,24-/m1/s1. The Morgan fingerprint density at radius 2 is 1.53 bits per heavy atom. The molecule has 0 radical (unpaired) electrons. The summed E-state index contributed by atoms with van der Waals surface area (Å²) in [7, 11) is 0. The van der Waals surface area contributed by atoms with Crippen molar-refractivity contribution in [3.8, 4) is 0 Å². The highest BCUT2D eigenvalue weighted by atomic mass is 16.6. The number of piperidine rings is 1. The Balaban J connectivity index is 1.64. The fourth-order valence-corrected chi connectivity index (χ4v) is 4.69. The maximum absolute atomic E-state index is 13.1. The highest BCUT2D eigenvalue weighted by Gasteiger charge is 2.52. The SMILES string of the molecule is C[C@H]1[C@@H](OCc2ccccc2)[C@@H](c2ccccc2)[C@H]2C=C[C@@H]1N2C(=O)OC(C)(C)C. The van der Waals surface area contributed by atoms with Crippen molar-refractivity contribution in [1.29, 1.82) is 0 Å². The van der Waals surface area contributed by atoms with E-state index in [2.05, 4.69) is 55.5 Å². The molecular formula is C26H31NO3. The molecule has 0 unspecified atom stereocenters. The maximum atomic E-state index is 13.1. The number of ether oxygens (including phenoxy) is 2. The molecule has 4 heteroatoms. The third-order valence-electron chi connectivity index (χ3n) is 6.00. The zero-order valence-corrected chi connectivity index (χ0v) is 18.2. The molecule has 1 fully saturated rings. The van der Waals surface area contributed by atoms with Crippen molar-refractivity contribution < 1.29 is 14.3 Å². The van der Waals surface area contributed by atoms with Crippen molar-refractivity contribution in [2.75, 3.05) is 0 Å². The minimum absolute atomic E-state index is 0.00343. The molecule has 2 aromatic carbocycles. The molecule has 2 bridgehead atoms.